The third-order valence-electron chi connectivity index (χ3n) is 5.04. The summed E-state index contributed by atoms with van der Waals surface area (Å²) in [7, 11) is 0. The lowest BCUT2D eigenvalue weighted by Crippen LogP contribution is -2.46. The molecule has 2 N–H and O–H groups in total. The van der Waals surface area contributed by atoms with Crippen LogP contribution in [-0.4, -0.2) is 17.7 Å². The number of hydrogen-bond acceptors (Lipinski definition) is 4. The van der Waals surface area contributed by atoms with E-state index in [1.807, 2.05) is 65.4 Å². The highest BCUT2D eigenvalue weighted by Crippen LogP contribution is 2.52. The lowest BCUT2D eigenvalue weighted by molar-refractivity contribution is -0.133. The maximum atomic E-state index is 12.4. The van der Waals surface area contributed by atoms with Crippen molar-refractivity contribution in [2.75, 3.05) is 11.9 Å². The second-order valence-electron chi connectivity index (χ2n) is 6.43. The molecule has 1 unspecified atom stereocenters. The summed E-state index contributed by atoms with van der Waals surface area (Å²) in [5.41, 5.74) is 3.81. The summed E-state index contributed by atoms with van der Waals surface area (Å²) in [4.78, 5) is 12.4. The highest BCUT2D eigenvalue weighted by Gasteiger charge is 2.51. The van der Waals surface area contributed by atoms with E-state index in [1.165, 1.54) is 0 Å². The zero-order chi connectivity index (χ0) is 17.7. The molecule has 1 aromatic heterocycles. The maximum absolute atomic E-state index is 12.4. The van der Waals surface area contributed by atoms with E-state index in [4.69, 9.17) is 4.74 Å². The molecule has 26 heavy (non-hydrogen) atoms. The normalized spacial score (nSPS) is 20.3. The molecule has 0 fully saturated rings. The molecular formula is C21H15NO3S. The Hall–Kier alpha value is -3.05. The first-order chi connectivity index (χ1) is 12.7. The number of carbonyl (C=O) groups is 1. The Morgan fingerprint density at radius 1 is 1.12 bits per heavy atom. The summed E-state index contributed by atoms with van der Waals surface area (Å²) in [5, 5.41) is 17.6. The van der Waals surface area contributed by atoms with E-state index in [0.717, 1.165) is 33.7 Å². The molecule has 2 aromatic carbocycles. The van der Waals surface area contributed by atoms with Crippen molar-refractivity contribution in [3.8, 4) is 5.75 Å². The van der Waals surface area contributed by atoms with Crippen molar-refractivity contribution in [1.29, 1.82) is 0 Å². The third-order valence-corrected chi connectivity index (χ3v) is 5.72. The van der Waals surface area contributed by atoms with Crippen LogP contribution in [0.3, 0.4) is 0 Å². The minimum Gasteiger partial charge on any atom is -0.488 e. The molecule has 4 nitrogen and oxygen atoms in total. The van der Waals surface area contributed by atoms with E-state index >= 15 is 0 Å². The molecule has 2 aliphatic rings. The van der Waals surface area contributed by atoms with Crippen molar-refractivity contribution >= 4 is 28.6 Å². The predicted molar refractivity (Wildman–Crippen MR) is 102 cm³/mol. The third kappa shape index (κ3) is 1.98. The predicted octanol–water partition coefficient (Wildman–Crippen LogP) is 4.35. The molecule has 128 valence electrons. The van der Waals surface area contributed by atoms with Crippen LogP contribution in [0.25, 0.3) is 5.57 Å². The Morgan fingerprint density at radius 3 is 2.73 bits per heavy atom. The smallest absolute Gasteiger partial charge is 0.335 e. The van der Waals surface area contributed by atoms with Crippen LogP contribution in [0.2, 0.25) is 0 Å². The summed E-state index contributed by atoms with van der Waals surface area (Å²) < 4.78 is 6.01. The molecular weight excluding hydrogens is 346 g/mol. The molecule has 5 rings (SSSR count). The maximum Gasteiger partial charge on any atom is 0.335 e. The lowest BCUT2D eigenvalue weighted by atomic mass is 9.85. The van der Waals surface area contributed by atoms with Crippen molar-refractivity contribution in [3.05, 3.63) is 87.6 Å². The molecule has 1 aliphatic carbocycles. The number of carboxylic acids is 1. The number of rotatable bonds is 2. The number of thiophene rings is 1. The number of fused-ring (bicyclic) bond motifs is 3. The fraction of sp³-hybridized carbons (Fsp3) is 0.0952. The Bertz CT molecular complexity index is 1050. The van der Waals surface area contributed by atoms with Crippen LogP contribution in [0, 0.1) is 0 Å². The summed E-state index contributed by atoms with van der Waals surface area (Å²) in [6.45, 7) is 0.232. The SMILES string of the molecule is O=C(O)C1=C(c2ccsc2)c2ccccc2C12COc1ccccc1N2. The van der Waals surface area contributed by atoms with Gasteiger partial charge in [-0.2, -0.15) is 11.3 Å². The summed E-state index contributed by atoms with van der Waals surface area (Å²) in [6.07, 6.45) is 0. The molecule has 0 saturated carbocycles. The molecule has 0 bridgehead atoms. The van der Waals surface area contributed by atoms with Crippen LogP contribution in [0.1, 0.15) is 16.7 Å². The van der Waals surface area contributed by atoms with E-state index in [1.54, 1.807) is 11.3 Å². The van der Waals surface area contributed by atoms with E-state index in [-0.39, 0.29) is 6.61 Å². The number of aliphatic carboxylic acids is 1. The Kier molecular flexibility index (Phi) is 3.21. The molecule has 1 aliphatic heterocycles. The van der Waals surface area contributed by atoms with Crippen LogP contribution in [0.4, 0.5) is 5.69 Å². The number of para-hydroxylation sites is 2. The fourth-order valence-electron chi connectivity index (χ4n) is 3.98. The van der Waals surface area contributed by atoms with E-state index in [2.05, 4.69) is 5.32 Å². The van der Waals surface area contributed by atoms with E-state index in [0.29, 0.717) is 5.57 Å². The van der Waals surface area contributed by atoms with Gasteiger partial charge in [0, 0.05) is 5.57 Å². The van der Waals surface area contributed by atoms with Gasteiger partial charge in [-0.25, -0.2) is 4.79 Å². The molecule has 0 amide bonds. The molecule has 0 radical (unpaired) electrons. The number of benzene rings is 2. The zero-order valence-electron chi connectivity index (χ0n) is 13.7. The molecule has 1 atom stereocenters. The number of carboxylic acid groups (broad SMARTS) is 1. The molecule has 5 heteroatoms. The van der Waals surface area contributed by atoms with E-state index in [9.17, 15) is 9.90 Å². The largest absolute Gasteiger partial charge is 0.488 e. The number of hydrogen-bond donors (Lipinski definition) is 2. The van der Waals surface area contributed by atoms with Crippen LogP contribution in [0.5, 0.6) is 5.75 Å². The van der Waals surface area contributed by atoms with E-state index < -0.39 is 11.5 Å². The topological polar surface area (TPSA) is 58.6 Å². The highest BCUT2D eigenvalue weighted by molar-refractivity contribution is 7.08. The van der Waals surface area contributed by atoms with Crippen molar-refractivity contribution in [1.82, 2.24) is 0 Å². The zero-order valence-corrected chi connectivity index (χ0v) is 14.5. The first-order valence-electron chi connectivity index (χ1n) is 8.31. The molecule has 3 aromatic rings. The standard InChI is InChI=1S/C21H15NO3S/c23-20(24)19-18(13-9-10-26-11-13)14-5-1-2-6-15(14)21(19)12-25-17-8-4-3-7-16(17)22-21/h1-11,22H,12H2,(H,23,24). The van der Waals surface area contributed by atoms with Crippen molar-refractivity contribution in [3.63, 3.8) is 0 Å². The fourth-order valence-corrected chi connectivity index (χ4v) is 4.63. The van der Waals surface area contributed by atoms with Crippen LogP contribution < -0.4 is 10.1 Å². The van der Waals surface area contributed by atoms with Crippen molar-refractivity contribution < 1.29 is 14.6 Å². The van der Waals surface area contributed by atoms with Crippen LogP contribution >= 0.6 is 11.3 Å². The monoisotopic (exact) mass is 361 g/mol. The van der Waals surface area contributed by atoms with Crippen LogP contribution in [0.15, 0.2) is 70.9 Å². The van der Waals surface area contributed by atoms with Gasteiger partial charge in [0.05, 0.1) is 11.3 Å². The average Bonchev–Trinajstić information content (AvgIpc) is 3.27. The second kappa shape index (κ2) is 5.47. The van der Waals surface area contributed by atoms with Gasteiger partial charge in [0.1, 0.15) is 17.9 Å². The Morgan fingerprint density at radius 2 is 1.92 bits per heavy atom. The molecule has 1 spiro atoms. The van der Waals surface area contributed by atoms with Gasteiger partial charge < -0.3 is 15.2 Å². The van der Waals surface area contributed by atoms with Crippen molar-refractivity contribution in [2.45, 2.75) is 5.54 Å². The van der Waals surface area contributed by atoms with Crippen molar-refractivity contribution in [2.24, 2.45) is 0 Å². The summed E-state index contributed by atoms with van der Waals surface area (Å²) in [5.74, 6) is -0.192. The highest BCUT2D eigenvalue weighted by atomic mass is 32.1. The molecule has 2 heterocycles. The average molecular weight is 361 g/mol. The van der Waals surface area contributed by atoms with Gasteiger partial charge in [-0.15, -0.1) is 0 Å². The Balaban J connectivity index is 1.81. The second-order valence-corrected chi connectivity index (χ2v) is 7.21. The van der Waals surface area contributed by atoms with Gasteiger partial charge >= 0.3 is 5.97 Å². The van der Waals surface area contributed by atoms with Crippen LogP contribution in [-0.2, 0) is 10.3 Å². The summed E-state index contributed by atoms with van der Waals surface area (Å²) >= 11 is 1.56. The number of nitrogens with one attached hydrogen (secondary N) is 1. The van der Waals surface area contributed by atoms with Gasteiger partial charge in [-0.3, -0.25) is 0 Å². The van der Waals surface area contributed by atoms with Gasteiger partial charge in [0.2, 0.25) is 0 Å². The molecule has 0 saturated heterocycles. The number of ether oxygens (including phenoxy) is 1. The minimum absolute atomic E-state index is 0.232. The first-order valence-corrected chi connectivity index (χ1v) is 9.25. The quantitative estimate of drug-likeness (QED) is 0.713. The Labute approximate surface area is 154 Å². The van der Waals surface area contributed by atoms with Gasteiger partial charge in [0.25, 0.3) is 0 Å². The van der Waals surface area contributed by atoms with Gasteiger partial charge in [-0.1, -0.05) is 36.4 Å². The summed E-state index contributed by atoms with van der Waals surface area (Å²) in [6, 6.07) is 17.5. The lowest BCUT2D eigenvalue weighted by Gasteiger charge is -2.38. The minimum atomic E-state index is -0.933. The van der Waals surface area contributed by atoms with Gasteiger partial charge in [0.15, 0.2) is 0 Å². The first kappa shape index (κ1) is 15.2. The van der Waals surface area contributed by atoms with Gasteiger partial charge in [-0.05, 0) is 45.6 Å². The number of anilines is 1.